The van der Waals surface area contributed by atoms with Crippen LogP contribution in [-0.4, -0.2) is 27.6 Å². The van der Waals surface area contributed by atoms with Gasteiger partial charge in [-0.05, 0) is 11.0 Å². The average Bonchev–Trinajstić information content (AvgIpc) is 2.21. The highest BCUT2D eigenvalue weighted by atomic mass is 79.9. The summed E-state index contributed by atoms with van der Waals surface area (Å²) in [6.45, 7) is 5.75. The van der Waals surface area contributed by atoms with Crippen LogP contribution < -0.4 is 0 Å². The zero-order valence-electron chi connectivity index (χ0n) is 10.2. The van der Waals surface area contributed by atoms with E-state index in [9.17, 15) is 4.79 Å². The lowest BCUT2D eigenvalue weighted by Crippen LogP contribution is -2.38. The third-order valence-corrected chi connectivity index (χ3v) is 6.03. The van der Waals surface area contributed by atoms with Crippen molar-refractivity contribution in [2.45, 2.75) is 43.0 Å². The van der Waals surface area contributed by atoms with Crippen molar-refractivity contribution >= 4 is 49.4 Å². The molecule has 0 saturated heterocycles. The summed E-state index contributed by atoms with van der Waals surface area (Å²) in [7, 11) is 0. The molecule has 0 aromatic carbocycles. The third-order valence-electron chi connectivity index (χ3n) is 2.94. The minimum absolute atomic E-state index is 0.0318. The Hall–Kier alpha value is 0.460. The van der Waals surface area contributed by atoms with Crippen LogP contribution in [0.2, 0.25) is 0 Å². The van der Waals surface area contributed by atoms with Crippen molar-refractivity contribution in [2.75, 3.05) is 5.88 Å². The number of rotatable bonds is 3. The van der Waals surface area contributed by atoms with E-state index in [0.29, 0.717) is 5.88 Å². The Morgan fingerprint density at radius 2 is 2.29 bits per heavy atom. The van der Waals surface area contributed by atoms with E-state index >= 15 is 0 Å². The summed E-state index contributed by atoms with van der Waals surface area (Å²) in [5, 5.41) is 0. The average molecular weight is 389 g/mol. The maximum Gasteiger partial charge on any atom is 0.303 e. The van der Waals surface area contributed by atoms with Gasteiger partial charge in [0.1, 0.15) is 6.10 Å². The molecule has 0 fully saturated rings. The number of hydrogen-bond donors (Lipinski definition) is 0. The van der Waals surface area contributed by atoms with Crippen molar-refractivity contribution in [3.63, 3.8) is 0 Å². The Morgan fingerprint density at radius 1 is 1.71 bits per heavy atom. The Bertz CT molecular complexity index is 328. The summed E-state index contributed by atoms with van der Waals surface area (Å²) in [5.74, 6) is 0.210. The van der Waals surface area contributed by atoms with Gasteiger partial charge in [-0.1, -0.05) is 51.8 Å². The molecule has 0 spiro atoms. The maximum atomic E-state index is 11.1. The number of ether oxygens (including phenoxy) is 1. The number of hydrogen-bond acceptors (Lipinski definition) is 2. The lowest BCUT2D eigenvalue weighted by atomic mass is 9.77. The van der Waals surface area contributed by atoms with Gasteiger partial charge in [0.15, 0.2) is 0 Å². The van der Waals surface area contributed by atoms with E-state index in [0.717, 1.165) is 12.0 Å². The van der Waals surface area contributed by atoms with E-state index in [1.54, 1.807) is 0 Å². The SMILES string of the molecule is CC(=O)O[C@H]1C[C@H](Br)C(C)(C)C=C1[C@@H](Br)CCl. The van der Waals surface area contributed by atoms with Crippen molar-refractivity contribution < 1.29 is 9.53 Å². The topological polar surface area (TPSA) is 26.3 Å². The van der Waals surface area contributed by atoms with Crippen LogP contribution in [0, 0.1) is 5.41 Å². The monoisotopic (exact) mass is 386 g/mol. The second kappa shape index (κ2) is 6.07. The van der Waals surface area contributed by atoms with Crippen molar-refractivity contribution in [1.29, 1.82) is 0 Å². The molecule has 3 atom stereocenters. The summed E-state index contributed by atoms with van der Waals surface area (Å²) >= 11 is 13.1. The Morgan fingerprint density at radius 3 is 2.76 bits per heavy atom. The number of carbonyl (C=O) groups is 1. The molecule has 5 heteroatoms. The molecule has 0 N–H and O–H groups in total. The van der Waals surface area contributed by atoms with Gasteiger partial charge in [-0.3, -0.25) is 4.79 Å². The van der Waals surface area contributed by atoms with Crippen LogP contribution in [0.4, 0.5) is 0 Å². The summed E-state index contributed by atoms with van der Waals surface area (Å²) in [6.07, 6.45) is 2.75. The summed E-state index contributed by atoms with van der Waals surface area (Å²) in [6, 6.07) is 0. The predicted octanol–water partition coefficient (Wildman–Crippen LogP) is 4.04. The Labute approximate surface area is 124 Å². The van der Waals surface area contributed by atoms with Gasteiger partial charge < -0.3 is 4.74 Å². The molecular weight excluding hydrogens is 371 g/mol. The molecule has 0 radical (unpaired) electrons. The molecule has 0 saturated carbocycles. The summed E-state index contributed by atoms with van der Waals surface area (Å²) in [4.78, 5) is 11.5. The predicted molar refractivity (Wildman–Crippen MR) is 78.2 cm³/mol. The molecule has 1 aliphatic carbocycles. The summed E-state index contributed by atoms with van der Waals surface area (Å²) < 4.78 is 5.36. The molecule has 0 amide bonds. The molecule has 17 heavy (non-hydrogen) atoms. The largest absolute Gasteiger partial charge is 0.458 e. The van der Waals surface area contributed by atoms with E-state index in [2.05, 4.69) is 51.8 Å². The lowest BCUT2D eigenvalue weighted by Gasteiger charge is -2.38. The van der Waals surface area contributed by atoms with Gasteiger partial charge in [0.05, 0.1) is 4.83 Å². The molecule has 0 aromatic heterocycles. The van der Waals surface area contributed by atoms with Crippen LogP contribution in [-0.2, 0) is 9.53 Å². The quantitative estimate of drug-likeness (QED) is 0.414. The highest BCUT2D eigenvalue weighted by Gasteiger charge is 2.38. The number of carbonyl (C=O) groups excluding carboxylic acids is 1. The molecule has 0 aliphatic heterocycles. The van der Waals surface area contributed by atoms with Crippen LogP contribution in [0.1, 0.15) is 27.2 Å². The van der Waals surface area contributed by atoms with Crippen molar-refractivity contribution in [3.05, 3.63) is 11.6 Å². The van der Waals surface area contributed by atoms with E-state index in [4.69, 9.17) is 16.3 Å². The number of alkyl halides is 3. The van der Waals surface area contributed by atoms with Gasteiger partial charge in [-0.2, -0.15) is 0 Å². The van der Waals surface area contributed by atoms with Crippen molar-refractivity contribution in [2.24, 2.45) is 5.41 Å². The molecule has 1 rings (SSSR count). The number of allylic oxidation sites excluding steroid dienone is 1. The van der Waals surface area contributed by atoms with Gasteiger partial charge >= 0.3 is 5.97 Å². The zero-order valence-corrected chi connectivity index (χ0v) is 14.1. The first kappa shape index (κ1) is 15.5. The van der Waals surface area contributed by atoms with E-state index in [1.807, 2.05) is 0 Å². The first-order valence-electron chi connectivity index (χ1n) is 5.52. The highest BCUT2D eigenvalue weighted by molar-refractivity contribution is 9.09. The van der Waals surface area contributed by atoms with Gasteiger partial charge in [0, 0.05) is 24.1 Å². The van der Waals surface area contributed by atoms with E-state index < -0.39 is 0 Å². The second-order valence-electron chi connectivity index (χ2n) is 4.89. The fourth-order valence-electron chi connectivity index (χ4n) is 1.94. The van der Waals surface area contributed by atoms with Gasteiger partial charge in [0.25, 0.3) is 0 Å². The molecule has 0 aromatic rings. The molecular formula is C12H17Br2ClO2. The summed E-state index contributed by atoms with van der Waals surface area (Å²) in [5.41, 5.74) is 1.10. The second-order valence-corrected chi connectivity index (χ2v) is 7.41. The van der Waals surface area contributed by atoms with E-state index in [-0.39, 0.29) is 27.1 Å². The molecule has 2 nitrogen and oxygen atoms in total. The van der Waals surface area contributed by atoms with Crippen molar-refractivity contribution in [1.82, 2.24) is 0 Å². The van der Waals surface area contributed by atoms with Crippen molar-refractivity contribution in [3.8, 4) is 0 Å². The Kier molecular flexibility index (Phi) is 5.54. The molecule has 0 heterocycles. The fourth-order valence-corrected chi connectivity index (χ4v) is 3.02. The van der Waals surface area contributed by atoms with Crippen LogP contribution in [0.15, 0.2) is 11.6 Å². The minimum atomic E-state index is -0.255. The van der Waals surface area contributed by atoms with Crippen LogP contribution in [0.5, 0.6) is 0 Å². The molecule has 98 valence electrons. The maximum absolute atomic E-state index is 11.1. The molecule has 0 bridgehead atoms. The van der Waals surface area contributed by atoms with Gasteiger partial charge in [-0.25, -0.2) is 0 Å². The molecule has 0 unspecified atom stereocenters. The smallest absolute Gasteiger partial charge is 0.303 e. The van der Waals surface area contributed by atoms with Crippen LogP contribution in [0.25, 0.3) is 0 Å². The highest BCUT2D eigenvalue weighted by Crippen LogP contribution is 2.41. The fraction of sp³-hybridized carbons (Fsp3) is 0.750. The standard InChI is InChI=1S/C12H17Br2ClO2/c1-7(16)17-10-4-11(14)12(2,3)5-8(10)9(13)6-15/h5,9-11H,4,6H2,1-3H3/t9-,10-,11-/m0/s1. The van der Waals surface area contributed by atoms with E-state index in [1.165, 1.54) is 6.92 Å². The number of esters is 1. The lowest BCUT2D eigenvalue weighted by molar-refractivity contribution is -0.145. The number of halogens is 3. The van der Waals surface area contributed by atoms with Crippen LogP contribution >= 0.6 is 43.5 Å². The first-order chi connectivity index (χ1) is 7.77. The van der Waals surface area contributed by atoms with Gasteiger partial charge in [0.2, 0.25) is 0 Å². The minimum Gasteiger partial charge on any atom is -0.458 e. The van der Waals surface area contributed by atoms with Crippen LogP contribution in [0.3, 0.4) is 0 Å². The Balaban J connectivity index is 3.00. The zero-order chi connectivity index (χ0) is 13.2. The van der Waals surface area contributed by atoms with Gasteiger partial charge in [-0.15, -0.1) is 11.6 Å². The first-order valence-corrected chi connectivity index (χ1v) is 7.88. The molecule has 1 aliphatic rings. The normalized spacial score (nSPS) is 29.4. The third kappa shape index (κ3) is 3.97.